The molecule has 0 aliphatic carbocycles. The largest absolute Gasteiger partial charge is 0.361 e. The van der Waals surface area contributed by atoms with Gasteiger partial charge in [-0.25, -0.2) is 4.39 Å². The minimum Gasteiger partial charge on any atom is -0.361 e. The molecule has 0 unspecified atom stereocenters. The van der Waals surface area contributed by atoms with Gasteiger partial charge in [-0.15, -0.1) is 11.3 Å². The molecule has 23 heavy (non-hydrogen) atoms. The molecule has 0 fully saturated rings. The van der Waals surface area contributed by atoms with Crippen LogP contribution >= 0.6 is 11.3 Å². The van der Waals surface area contributed by atoms with Crippen LogP contribution in [0.5, 0.6) is 0 Å². The van der Waals surface area contributed by atoms with Gasteiger partial charge in [0, 0.05) is 35.8 Å². The summed E-state index contributed by atoms with van der Waals surface area (Å²) in [5.74, 6) is -0.149. The molecule has 1 N–H and O–H groups in total. The Hall–Kier alpha value is -2.40. The van der Waals surface area contributed by atoms with Gasteiger partial charge in [0.1, 0.15) is 5.82 Å². The number of aromatic amines is 1. The summed E-state index contributed by atoms with van der Waals surface area (Å²) in [5, 5.41) is 2.81. The van der Waals surface area contributed by atoms with Crippen LogP contribution in [0.4, 0.5) is 4.39 Å². The summed E-state index contributed by atoms with van der Waals surface area (Å²) in [7, 11) is 0. The highest BCUT2D eigenvalue weighted by Gasteiger charge is 2.21. The molecule has 1 aliphatic heterocycles. The lowest BCUT2D eigenvalue weighted by Gasteiger charge is -2.26. The number of H-pyrrole nitrogens is 1. The Labute approximate surface area is 137 Å². The van der Waals surface area contributed by atoms with Gasteiger partial charge in [-0.3, -0.25) is 4.79 Å². The van der Waals surface area contributed by atoms with E-state index in [9.17, 15) is 9.18 Å². The third-order valence-electron chi connectivity index (χ3n) is 4.22. The molecule has 1 amide bonds. The number of carbonyl (C=O) groups excluding carboxylic acids is 1. The van der Waals surface area contributed by atoms with Crippen molar-refractivity contribution in [2.75, 3.05) is 13.1 Å². The highest BCUT2D eigenvalue weighted by Crippen LogP contribution is 2.30. The van der Waals surface area contributed by atoms with Crippen molar-refractivity contribution in [2.24, 2.45) is 0 Å². The number of halogens is 1. The molecule has 5 heteroatoms. The van der Waals surface area contributed by atoms with Crippen LogP contribution in [0, 0.1) is 5.82 Å². The van der Waals surface area contributed by atoms with Crippen LogP contribution < -0.4 is 0 Å². The van der Waals surface area contributed by atoms with E-state index in [2.05, 4.69) is 11.1 Å². The van der Waals surface area contributed by atoms with Crippen molar-refractivity contribution in [1.29, 1.82) is 0 Å². The van der Waals surface area contributed by atoms with Crippen LogP contribution in [-0.2, 0) is 0 Å². The number of amides is 1. The lowest BCUT2D eigenvalue weighted by Crippen LogP contribution is -2.34. The number of fused-ring (bicyclic) bond motifs is 1. The minimum absolute atomic E-state index is 0.0836. The number of aromatic nitrogens is 1. The Morgan fingerprint density at radius 1 is 1.30 bits per heavy atom. The van der Waals surface area contributed by atoms with Gasteiger partial charge in [0.2, 0.25) is 0 Å². The molecule has 116 valence electrons. The molecule has 0 atom stereocenters. The second-order valence-corrected chi connectivity index (χ2v) is 6.55. The quantitative estimate of drug-likeness (QED) is 0.749. The summed E-state index contributed by atoms with van der Waals surface area (Å²) in [6, 6.07) is 8.52. The normalized spacial score (nSPS) is 15.0. The third-order valence-corrected chi connectivity index (χ3v) is 5.08. The fourth-order valence-corrected chi connectivity index (χ4v) is 3.70. The number of hydrogen-bond donors (Lipinski definition) is 1. The average Bonchev–Trinajstić information content (AvgIpc) is 3.24. The van der Waals surface area contributed by atoms with Gasteiger partial charge >= 0.3 is 0 Å². The minimum atomic E-state index is -0.232. The van der Waals surface area contributed by atoms with Gasteiger partial charge in [-0.2, -0.15) is 0 Å². The Morgan fingerprint density at radius 2 is 2.22 bits per heavy atom. The van der Waals surface area contributed by atoms with Gasteiger partial charge in [0.25, 0.3) is 5.91 Å². The first-order valence-corrected chi connectivity index (χ1v) is 8.39. The maximum Gasteiger partial charge on any atom is 0.264 e. The predicted octanol–water partition coefficient (Wildman–Crippen LogP) is 4.30. The van der Waals surface area contributed by atoms with E-state index in [-0.39, 0.29) is 11.7 Å². The van der Waals surface area contributed by atoms with Crippen molar-refractivity contribution in [3.8, 4) is 0 Å². The third kappa shape index (κ3) is 2.57. The van der Waals surface area contributed by atoms with Crippen molar-refractivity contribution in [3.63, 3.8) is 0 Å². The van der Waals surface area contributed by atoms with Crippen LogP contribution in [0.1, 0.15) is 21.7 Å². The monoisotopic (exact) mass is 326 g/mol. The standard InChI is InChI=1S/C18H15FN2OS/c19-13-3-4-16-14(10-13)15(11-20-16)12-5-7-21(8-6-12)18(22)17-2-1-9-23-17/h1-5,9-11,20H,6-8H2. The molecule has 1 aromatic carbocycles. The summed E-state index contributed by atoms with van der Waals surface area (Å²) >= 11 is 1.47. The molecular weight excluding hydrogens is 311 g/mol. The molecule has 3 heterocycles. The second kappa shape index (κ2) is 5.66. The van der Waals surface area contributed by atoms with Crippen LogP contribution in [0.2, 0.25) is 0 Å². The zero-order valence-electron chi connectivity index (χ0n) is 12.4. The van der Waals surface area contributed by atoms with Crippen molar-refractivity contribution in [2.45, 2.75) is 6.42 Å². The van der Waals surface area contributed by atoms with Crippen LogP contribution in [-0.4, -0.2) is 28.9 Å². The molecule has 1 aliphatic rings. The molecule has 3 nitrogen and oxygen atoms in total. The average molecular weight is 326 g/mol. The van der Waals surface area contributed by atoms with Gasteiger partial charge in [-0.1, -0.05) is 12.1 Å². The molecule has 0 bridgehead atoms. The maximum absolute atomic E-state index is 13.5. The van der Waals surface area contributed by atoms with E-state index < -0.39 is 0 Å². The van der Waals surface area contributed by atoms with Crippen molar-refractivity contribution in [1.82, 2.24) is 9.88 Å². The molecule has 0 spiro atoms. The number of nitrogens with zero attached hydrogens (tertiary/aromatic N) is 1. The first-order chi connectivity index (χ1) is 11.2. The van der Waals surface area contributed by atoms with E-state index in [1.54, 1.807) is 12.1 Å². The number of thiophene rings is 1. The van der Waals surface area contributed by atoms with E-state index >= 15 is 0 Å². The van der Waals surface area contributed by atoms with Gasteiger partial charge < -0.3 is 9.88 Å². The number of benzene rings is 1. The summed E-state index contributed by atoms with van der Waals surface area (Å²) < 4.78 is 13.5. The second-order valence-electron chi connectivity index (χ2n) is 5.60. The van der Waals surface area contributed by atoms with Gasteiger partial charge in [-0.05, 0) is 41.6 Å². The lowest BCUT2D eigenvalue weighted by atomic mass is 9.99. The topological polar surface area (TPSA) is 36.1 Å². The zero-order valence-corrected chi connectivity index (χ0v) is 13.2. The Balaban J connectivity index is 1.59. The highest BCUT2D eigenvalue weighted by molar-refractivity contribution is 7.12. The van der Waals surface area contributed by atoms with Crippen LogP contribution in [0.25, 0.3) is 16.5 Å². The van der Waals surface area contributed by atoms with E-state index in [0.29, 0.717) is 13.1 Å². The summed E-state index contributed by atoms with van der Waals surface area (Å²) in [6.07, 6.45) is 4.77. The fraction of sp³-hybridized carbons (Fsp3) is 0.167. The lowest BCUT2D eigenvalue weighted by molar-refractivity contribution is 0.0777. The smallest absolute Gasteiger partial charge is 0.264 e. The number of nitrogens with one attached hydrogen (secondary N) is 1. The molecule has 0 radical (unpaired) electrons. The molecular formula is C18H15FN2OS. The van der Waals surface area contributed by atoms with Gasteiger partial charge in [0.05, 0.1) is 4.88 Å². The summed E-state index contributed by atoms with van der Waals surface area (Å²) in [5.41, 5.74) is 3.12. The van der Waals surface area contributed by atoms with E-state index in [0.717, 1.165) is 33.3 Å². The SMILES string of the molecule is O=C(c1cccs1)N1CC=C(c2c[nH]c3ccc(F)cc23)CC1. The fourth-order valence-electron chi connectivity index (χ4n) is 3.01. The van der Waals surface area contributed by atoms with E-state index in [1.807, 2.05) is 28.6 Å². The number of hydrogen-bond acceptors (Lipinski definition) is 2. The first-order valence-electron chi connectivity index (χ1n) is 7.51. The van der Waals surface area contributed by atoms with E-state index in [1.165, 1.54) is 17.4 Å². The highest BCUT2D eigenvalue weighted by atomic mass is 32.1. The van der Waals surface area contributed by atoms with Crippen molar-refractivity contribution in [3.05, 3.63) is 64.2 Å². The number of rotatable bonds is 2. The van der Waals surface area contributed by atoms with E-state index in [4.69, 9.17) is 0 Å². The molecule has 2 aromatic heterocycles. The van der Waals surface area contributed by atoms with Crippen LogP contribution in [0.15, 0.2) is 48.0 Å². The van der Waals surface area contributed by atoms with Crippen molar-refractivity contribution < 1.29 is 9.18 Å². The Bertz CT molecular complexity index is 895. The maximum atomic E-state index is 13.5. The summed E-state index contributed by atoms with van der Waals surface area (Å²) in [4.78, 5) is 18.2. The van der Waals surface area contributed by atoms with Crippen molar-refractivity contribution >= 4 is 33.7 Å². The molecule has 4 rings (SSSR count). The van der Waals surface area contributed by atoms with Gasteiger partial charge in [0.15, 0.2) is 0 Å². The predicted molar refractivity (Wildman–Crippen MR) is 91.1 cm³/mol. The summed E-state index contributed by atoms with van der Waals surface area (Å²) in [6.45, 7) is 1.28. The zero-order chi connectivity index (χ0) is 15.8. The number of carbonyl (C=O) groups is 1. The Kier molecular flexibility index (Phi) is 3.50. The first kappa shape index (κ1) is 14.2. The Morgan fingerprint density at radius 3 is 2.96 bits per heavy atom. The molecule has 0 saturated heterocycles. The molecule has 0 saturated carbocycles. The van der Waals surface area contributed by atoms with Crippen LogP contribution in [0.3, 0.4) is 0 Å². The molecule has 3 aromatic rings.